The molecule has 4 heteroatoms. The molecule has 0 atom stereocenters. The molecular formula is C7H7BF2N. The molecule has 0 aliphatic rings. The van der Waals surface area contributed by atoms with Crippen LogP contribution in [0.4, 0.5) is 8.78 Å². The quantitative estimate of drug-likeness (QED) is 0.459. The van der Waals surface area contributed by atoms with Gasteiger partial charge in [-0.3, -0.25) is 0 Å². The predicted molar refractivity (Wildman–Crippen MR) is 40.0 cm³/mol. The van der Waals surface area contributed by atoms with Gasteiger partial charge in [0.15, 0.2) is 7.28 Å². The first-order valence-electron chi connectivity index (χ1n) is 3.39. The van der Waals surface area contributed by atoms with Crippen LogP contribution in [0.1, 0.15) is 6.92 Å². The fourth-order valence-corrected chi connectivity index (χ4v) is 0.795. The number of aromatic nitrogens is 1. The number of hydrogen-bond acceptors (Lipinski definition) is 1. The van der Waals surface area contributed by atoms with Gasteiger partial charge in [0.05, 0.1) is 0 Å². The highest BCUT2D eigenvalue weighted by Crippen LogP contribution is 1.93. The lowest BCUT2D eigenvalue weighted by atomic mass is 9.68. The van der Waals surface area contributed by atoms with E-state index in [1.54, 1.807) is 7.28 Å². The van der Waals surface area contributed by atoms with E-state index in [0.717, 1.165) is 6.07 Å². The van der Waals surface area contributed by atoms with E-state index in [-0.39, 0.29) is 0 Å². The van der Waals surface area contributed by atoms with Gasteiger partial charge in [0.2, 0.25) is 11.9 Å². The normalized spacial score (nSPS) is 9.73. The summed E-state index contributed by atoms with van der Waals surface area (Å²) in [6.45, 7) is 1.88. The molecule has 0 N–H and O–H groups in total. The molecule has 1 rings (SSSR count). The Kier molecular flexibility index (Phi) is 2.57. The smallest absolute Gasteiger partial charge is 0.191 e. The molecule has 0 saturated heterocycles. The van der Waals surface area contributed by atoms with Gasteiger partial charge >= 0.3 is 0 Å². The Morgan fingerprint density at radius 2 is 2.18 bits per heavy atom. The first-order chi connectivity index (χ1) is 5.24. The summed E-state index contributed by atoms with van der Waals surface area (Å²) >= 11 is 0. The maximum atomic E-state index is 12.7. The van der Waals surface area contributed by atoms with E-state index in [4.69, 9.17) is 0 Å². The number of hydrogen-bond donors (Lipinski definition) is 0. The lowest BCUT2D eigenvalue weighted by Crippen LogP contribution is -2.19. The van der Waals surface area contributed by atoms with Gasteiger partial charge in [-0.1, -0.05) is 19.3 Å². The van der Waals surface area contributed by atoms with Crippen molar-refractivity contribution in [2.24, 2.45) is 0 Å². The zero-order chi connectivity index (χ0) is 8.27. The topological polar surface area (TPSA) is 12.9 Å². The van der Waals surface area contributed by atoms with Crippen molar-refractivity contribution < 1.29 is 8.78 Å². The molecule has 1 nitrogen and oxygen atoms in total. The second-order valence-electron chi connectivity index (χ2n) is 2.13. The molecule has 0 aromatic carbocycles. The average molecular weight is 154 g/mol. The number of nitrogens with zero attached hydrogens (tertiary/aromatic N) is 1. The Hall–Kier alpha value is -0.925. The summed E-state index contributed by atoms with van der Waals surface area (Å²) in [7, 11) is 1.65. The highest BCUT2D eigenvalue weighted by Gasteiger charge is 2.03. The molecule has 11 heavy (non-hydrogen) atoms. The van der Waals surface area contributed by atoms with Gasteiger partial charge in [0.1, 0.15) is 0 Å². The standard InChI is InChI=1S/C7H7BF2N/c1-2-8-5-3-4-6(9)11-7(5)10/h3-4H,2H2,1H3. The molecule has 0 spiro atoms. The largest absolute Gasteiger partial charge is 0.215 e. The highest BCUT2D eigenvalue weighted by molar-refractivity contribution is 6.53. The van der Waals surface area contributed by atoms with Crippen LogP contribution in [0.5, 0.6) is 0 Å². The third kappa shape index (κ3) is 2.00. The maximum Gasteiger partial charge on any atom is 0.215 e. The van der Waals surface area contributed by atoms with Crippen molar-refractivity contribution in [2.45, 2.75) is 13.2 Å². The van der Waals surface area contributed by atoms with E-state index in [1.807, 2.05) is 6.92 Å². The second kappa shape index (κ2) is 3.46. The van der Waals surface area contributed by atoms with Crippen LogP contribution in [-0.4, -0.2) is 12.3 Å². The summed E-state index contributed by atoms with van der Waals surface area (Å²) in [5.41, 5.74) is 0.355. The van der Waals surface area contributed by atoms with Crippen LogP contribution in [0.2, 0.25) is 6.32 Å². The van der Waals surface area contributed by atoms with E-state index in [2.05, 4.69) is 4.98 Å². The molecule has 1 radical (unpaired) electrons. The van der Waals surface area contributed by atoms with Crippen molar-refractivity contribution in [1.82, 2.24) is 4.98 Å². The fourth-order valence-electron chi connectivity index (χ4n) is 0.795. The molecule has 1 aromatic rings. The van der Waals surface area contributed by atoms with Crippen molar-refractivity contribution >= 4 is 12.7 Å². The van der Waals surface area contributed by atoms with Gasteiger partial charge < -0.3 is 0 Å². The third-order valence-electron chi connectivity index (χ3n) is 1.27. The Morgan fingerprint density at radius 1 is 1.45 bits per heavy atom. The van der Waals surface area contributed by atoms with Gasteiger partial charge in [-0.05, 0) is 11.5 Å². The zero-order valence-corrected chi connectivity index (χ0v) is 6.14. The fraction of sp³-hybridized carbons (Fsp3) is 0.286. The van der Waals surface area contributed by atoms with Crippen LogP contribution in [-0.2, 0) is 0 Å². The Balaban J connectivity index is 2.90. The molecule has 1 aromatic heterocycles. The van der Waals surface area contributed by atoms with Crippen LogP contribution < -0.4 is 5.46 Å². The van der Waals surface area contributed by atoms with Crippen LogP contribution in [0.25, 0.3) is 0 Å². The SMILES string of the molecule is CC[B]c1ccc(F)nc1F. The van der Waals surface area contributed by atoms with Gasteiger partial charge in [-0.15, -0.1) is 0 Å². The number of pyridine rings is 1. The lowest BCUT2D eigenvalue weighted by molar-refractivity contribution is 0.518. The van der Waals surface area contributed by atoms with Crippen LogP contribution >= 0.6 is 0 Å². The van der Waals surface area contributed by atoms with Crippen molar-refractivity contribution in [3.8, 4) is 0 Å². The molecule has 0 saturated carbocycles. The van der Waals surface area contributed by atoms with Crippen molar-refractivity contribution in [3.05, 3.63) is 24.0 Å². The van der Waals surface area contributed by atoms with E-state index < -0.39 is 11.9 Å². The average Bonchev–Trinajstić information content (AvgIpc) is 1.95. The lowest BCUT2D eigenvalue weighted by Gasteiger charge is -1.97. The third-order valence-corrected chi connectivity index (χ3v) is 1.27. The van der Waals surface area contributed by atoms with Crippen molar-refractivity contribution in [3.63, 3.8) is 0 Å². The minimum Gasteiger partial charge on any atom is -0.191 e. The van der Waals surface area contributed by atoms with Crippen LogP contribution in [0.15, 0.2) is 12.1 Å². The summed E-state index contributed by atoms with van der Waals surface area (Å²) in [4.78, 5) is 3.03. The van der Waals surface area contributed by atoms with Gasteiger partial charge in [0, 0.05) is 0 Å². The summed E-state index contributed by atoms with van der Waals surface area (Å²) < 4.78 is 24.9. The first-order valence-corrected chi connectivity index (χ1v) is 3.39. The second-order valence-corrected chi connectivity index (χ2v) is 2.13. The van der Waals surface area contributed by atoms with E-state index in [9.17, 15) is 8.78 Å². The molecule has 0 unspecified atom stereocenters. The molecular weight excluding hydrogens is 147 g/mol. The summed E-state index contributed by atoms with van der Waals surface area (Å²) in [5.74, 6) is -1.53. The van der Waals surface area contributed by atoms with Crippen LogP contribution in [0, 0.1) is 11.9 Å². The first kappa shape index (κ1) is 8.17. The minimum absolute atomic E-state index is 0.355. The van der Waals surface area contributed by atoms with E-state index >= 15 is 0 Å². The summed E-state index contributed by atoms with van der Waals surface area (Å²) in [6.07, 6.45) is 0.713. The Labute approximate surface area is 64.7 Å². The Morgan fingerprint density at radius 3 is 2.73 bits per heavy atom. The zero-order valence-electron chi connectivity index (χ0n) is 6.14. The van der Waals surface area contributed by atoms with E-state index in [1.165, 1.54) is 6.07 Å². The number of rotatable bonds is 2. The van der Waals surface area contributed by atoms with E-state index in [0.29, 0.717) is 11.8 Å². The summed E-state index contributed by atoms with van der Waals surface area (Å²) in [6, 6.07) is 2.52. The minimum atomic E-state index is -0.782. The van der Waals surface area contributed by atoms with Gasteiger partial charge in [-0.25, -0.2) is 0 Å². The molecule has 0 fully saturated rings. The highest BCUT2D eigenvalue weighted by atomic mass is 19.1. The molecule has 0 aliphatic heterocycles. The van der Waals surface area contributed by atoms with Crippen LogP contribution in [0.3, 0.4) is 0 Å². The molecule has 0 aliphatic carbocycles. The van der Waals surface area contributed by atoms with Crippen molar-refractivity contribution in [2.75, 3.05) is 0 Å². The molecule has 1 heterocycles. The van der Waals surface area contributed by atoms with Gasteiger partial charge in [-0.2, -0.15) is 13.8 Å². The van der Waals surface area contributed by atoms with Crippen molar-refractivity contribution in [1.29, 1.82) is 0 Å². The maximum absolute atomic E-state index is 12.7. The predicted octanol–water partition coefficient (Wildman–Crippen LogP) is 1.13. The monoisotopic (exact) mass is 154 g/mol. The van der Waals surface area contributed by atoms with Gasteiger partial charge in [0.25, 0.3) is 0 Å². The summed E-state index contributed by atoms with van der Waals surface area (Å²) in [5, 5.41) is 0. The molecule has 0 amide bonds. The molecule has 57 valence electrons. The Bertz CT molecular complexity index is 252. The number of halogens is 2. The molecule has 0 bridgehead atoms.